The van der Waals surface area contributed by atoms with E-state index in [4.69, 9.17) is 0 Å². The lowest BCUT2D eigenvalue weighted by molar-refractivity contribution is -0.117. The van der Waals surface area contributed by atoms with E-state index in [1.807, 2.05) is 0 Å². The summed E-state index contributed by atoms with van der Waals surface area (Å²) in [5.74, 6) is 1.27. The highest BCUT2D eigenvalue weighted by molar-refractivity contribution is 7.99. The molecule has 1 heterocycles. The van der Waals surface area contributed by atoms with Gasteiger partial charge in [0.1, 0.15) is 0 Å². The molecule has 0 aromatic carbocycles. The molecule has 1 unspecified atom stereocenters. The minimum Gasteiger partial charge on any atom is -0.394 e. The summed E-state index contributed by atoms with van der Waals surface area (Å²) in [5, 5.41) is 12.2. The molecule has 1 rings (SSSR count). The third-order valence-corrected chi connectivity index (χ3v) is 5.82. The molecular weight excluding hydrogens is 390 g/mol. The van der Waals surface area contributed by atoms with E-state index in [0.717, 1.165) is 12.2 Å². The maximum atomic E-state index is 12.1. The monoisotopic (exact) mass is 425 g/mol. The SMILES string of the molecule is CCCCCCCCCCSCC(CO)NC(=O)C=Cc1c(C)[nH]c(=O)[nH]c1=O. The molecule has 1 aromatic heterocycles. The number of thioether (sulfide) groups is 1. The molecule has 1 aromatic rings. The quantitative estimate of drug-likeness (QED) is 0.255. The maximum absolute atomic E-state index is 12.1. The average molecular weight is 426 g/mol. The molecule has 1 amide bonds. The lowest BCUT2D eigenvalue weighted by Gasteiger charge is -2.14. The van der Waals surface area contributed by atoms with Gasteiger partial charge in [0.2, 0.25) is 5.91 Å². The van der Waals surface area contributed by atoms with Crippen LogP contribution in [0.4, 0.5) is 0 Å². The van der Waals surface area contributed by atoms with Gasteiger partial charge in [0.15, 0.2) is 0 Å². The van der Waals surface area contributed by atoms with Crippen LogP contribution in [0.15, 0.2) is 15.7 Å². The van der Waals surface area contributed by atoms with Crippen LogP contribution in [0.25, 0.3) is 6.08 Å². The zero-order chi connectivity index (χ0) is 21.5. The van der Waals surface area contributed by atoms with Crippen molar-refractivity contribution >= 4 is 23.7 Å². The number of amides is 1. The van der Waals surface area contributed by atoms with Crippen molar-refractivity contribution in [2.45, 2.75) is 71.3 Å². The van der Waals surface area contributed by atoms with E-state index < -0.39 is 11.2 Å². The second-order valence-electron chi connectivity index (χ2n) is 7.22. The number of carbonyl (C=O) groups excluding carboxylic acids is 1. The second-order valence-corrected chi connectivity index (χ2v) is 8.37. The van der Waals surface area contributed by atoms with Gasteiger partial charge in [-0.15, -0.1) is 0 Å². The topological polar surface area (TPSA) is 115 Å². The van der Waals surface area contributed by atoms with Gasteiger partial charge in [-0.05, 0) is 25.2 Å². The zero-order valence-corrected chi connectivity index (χ0v) is 18.4. The van der Waals surface area contributed by atoms with Crippen LogP contribution >= 0.6 is 11.8 Å². The Kier molecular flexibility index (Phi) is 13.1. The molecule has 29 heavy (non-hydrogen) atoms. The third-order valence-electron chi connectivity index (χ3n) is 4.61. The highest BCUT2D eigenvalue weighted by atomic mass is 32.2. The lowest BCUT2D eigenvalue weighted by Crippen LogP contribution is -2.38. The minimum absolute atomic E-state index is 0.137. The van der Waals surface area contributed by atoms with E-state index in [0.29, 0.717) is 11.4 Å². The fourth-order valence-corrected chi connectivity index (χ4v) is 3.97. The van der Waals surface area contributed by atoms with Crippen LogP contribution in [0.1, 0.15) is 69.5 Å². The Morgan fingerprint density at radius 1 is 1.10 bits per heavy atom. The number of hydrogen-bond acceptors (Lipinski definition) is 5. The van der Waals surface area contributed by atoms with Gasteiger partial charge in [0, 0.05) is 17.5 Å². The van der Waals surface area contributed by atoms with E-state index in [2.05, 4.69) is 22.2 Å². The Morgan fingerprint density at radius 2 is 1.76 bits per heavy atom. The first-order chi connectivity index (χ1) is 14.0. The molecule has 0 aliphatic heterocycles. The molecule has 0 aliphatic rings. The number of aliphatic hydroxyl groups excluding tert-OH is 1. The number of aromatic nitrogens is 2. The van der Waals surface area contributed by atoms with Crippen molar-refractivity contribution in [3.8, 4) is 0 Å². The van der Waals surface area contributed by atoms with Gasteiger partial charge in [-0.25, -0.2) is 4.79 Å². The van der Waals surface area contributed by atoms with Crippen LogP contribution in [0.3, 0.4) is 0 Å². The molecule has 0 aliphatic carbocycles. The van der Waals surface area contributed by atoms with Crippen LogP contribution in [0, 0.1) is 6.92 Å². The summed E-state index contributed by atoms with van der Waals surface area (Å²) < 4.78 is 0. The first kappa shape index (κ1) is 25.2. The van der Waals surface area contributed by atoms with Crippen molar-refractivity contribution < 1.29 is 9.90 Å². The van der Waals surface area contributed by atoms with Crippen LogP contribution in [0.2, 0.25) is 0 Å². The Labute approximate surface area is 176 Å². The van der Waals surface area contributed by atoms with Crippen LogP contribution < -0.4 is 16.6 Å². The summed E-state index contributed by atoms with van der Waals surface area (Å²) in [6.07, 6.45) is 12.8. The standard InChI is InChI=1S/C21H35N3O4S/c1-3-4-5-6-7-8-9-10-13-29-15-17(14-25)23-19(26)12-11-18-16(2)22-21(28)24-20(18)27/h11-12,17,25H,3-10,13-15H2,1-2H3,(H,23,26)(H2,22,24,27,28). The van der Waals surface area contributed by atoms with Crippen molar-refractivity contribution in [3.05, 3.63) is 38.2 Å². The Hall–Kier alpha value is -1.80. The van der Waals surface area contributed by atoms with Crippen LogP contribution in [-0.4, -0.2) is 45.1 Å². The van der Waals surface area contributed by atoms with Gasteiger partial charge in [0.05, 0.1) is 18.2 Å². The molecule has 4 N–H and O–H groups in total. The van der Waals surface area contributed by atoms with Crippen molar-refractivity contribution in [2.75, 3.05) is 18.1 Å². The second kappa shape index (κ2) is 15.1. The van der Waals surface area contributed by atoms with Gasteiger partial charge in [-0.3, -0.25) is 14.6 Å². The Balaban J connectivity index is 2.27. The molecule has 0 radical (unpaired) electrons. The highest BCUT2D eigenvalue weighted by Crippen LogP contribution is 2.12. The zero-order valence-electron chi connectivity index (χ0n) is 17.6. The van der Waals surface area contributed by atoms with Crippen molar-refractivity contribution in [2.24, 2.45) is 0 Å². The molecule has 0 bridgehead atoms. The van der Waals surface area contributed by atoms with E-state index >= 15 is 0 Å². The van der Waals surface area contributed by atoms with E-state index in [1.165, 1.54) is 57.1 Å². The fourth-order valence-electron chi connectivity index (χ4n) is 2.92. The number of hydrogen-bond donors (Lipinski definition) is 4. The Bertz CT molecular complexity index is 742. The number of aliphatic hydroxyl groups is 1. The number of carbonyl (C=O) groups is 1. The minimum atomic E-state index is -0.581. The fraction of sp³-hybridized carbons (Fsp3) is 0.667. The molecule has 164 valence electrons. The summed E-state index contributed by atoms with van der Waals surface area (Å²) >= 11 is 1.73. The Morgan fingerprint density at radius 3 is 2.38 bits per heavy atom. The maximum Gasteiger partial charge on any atom is 0.325 e. The predicted molar refractivity (Wildman–Crippen MR) is 120 cm³/mol. The summed E-state index contributed by atoms with van der Waals surface area (Å²) in [6, 6.07) is -0.332. The number of H-pyrrole nitrogens is 2. The highest BCUT2D eigenvalue weighted by Gasteiger charge is 2.10. The molecule has 0 spiro atoms. The predicted octanol–water partition coefficient (Wildman–Crippen LogP) is 2.74. The number of rotatable bonds is 15. The van der Waals surface area contributed by atoms with Gasteiger partial charge < -0.3 is 15.4 Å². The van der Waals surface area contributed by atoms with Gasteiger partial charge >= 0.3 is 5.69 Å². The summed E-state index contributed by atoms with van der Waals surface area (Å²) in [6.45, 7) is 3.68. The van der Waals surface area contributed by atoms with Crippen molar-refractivity contribution in [3.63, 3.8) is 0 Å². The smallest absolute Gasteiger partial charge is 0.325 e. The number of unbranched alkanes of at least 4 members (excludes halogenated alkanes) is 7. The first-order valence-electron chi connectivity index (χ1n) is 10.5. The van der Waals surface area contributed by atoms with Gasteiger partial charge in [0.25, 0.3) is 5.56 Å². The number of nitrogens with one attached hydrogen (secondary N) is 3. The van der Waals surface area contributed by atoms with E-state index in [1.54, 1.807) is 18.7 Å². The largest absolute Gasteiger partial charge is 0.394 e. The first-order valence-corrected chi connectivity index (χ1v) is 11.6. The number of aromatic amines is 2. The van der Waals surface area contributed by atoms with E-state index in [9.17, 15) is 19.5 Å². The molecule has 7 nitrogen and oxygen atoms in total. The van der Waals surface area contributed by atoms with Gasteiger partial charge in [-0.2, -0.15) is 11.8 Å². The van der Waals surface area contributed by atoms with Crippen molar-refractivity contribution in [1.29, 1.82) is 0 Å². The summed E-state index contributed by atoms with van der Waals surface area (Å²) in [5.41, 5.74) is -0.510. The van der Waals surface area contributed by atoms with Crippen LogP contribution in [0.5, 0.6) is 0 Å². The van der Waals surface area contributed by atoms with E-state index in [-0.39, 0.29) is 24.1 Å². The summed E-state index contributed by atoms with van der Waals surface area (Å²) in [4.78, 5) is 39.6. The molecular formula is C21H35N3O4S. The molecule has 8 heteroatoms. The molecule has 0 fully saturated rings. The normalized spacial score (nSPS) is 12.4. The number of aryl methyl sites for hydroxylation is 1. The molecule has 0 saturated carbocycles. The molecule has 0 saturated heterocycles. The van der Waals surface area contributed by atoms with Gasteiger partial charge in [-0.1, -0.05) is 51.9 Å². The third kappa shape index (κ3) is 11.1. The lowest BCUT2D eigenvalue weighted by atomic mass is 10.1. The summed E-state index contributed by atoms with van der Waals surface area (Å²) in [7, 11) is 0. The van der Waals surface area contributed by atoms with Crippen LogP contribution in [-0.2, 0) is 4.79 Å². The van der Waals surface area contributed by atoms with Crippen molar-refractivity contribution in [1.82, 2.24) is 15.3 Å². The molecule has 1 atom stereocenters. The average Bonchev–Trinajstić information content (AvgIpc) is 2.67.